The van der Waals surface area contributed by atoms with Crippen molar-refractivity contribution in [1.29, 1.82) is 0 Å². The molecule has 5 heteroatoms. The molecule has 1 amide bonds. The number of phenolic OH excluding ortho intramolecular Hbond substituents is 1. The highest BCUT2D eigenvalue weighted by atomic mass is 32.1. The second-order valence-electron chi connectivity index (χ2n) is 5.70. The molecule has 2 heterocycles. The third-order valence-corrected chi connectivity index (χ3v) is 4.80. The van der Waals surface area contributed by atoms with Crippen LogP contribution < -0.4 is 0 Å². The predicted molar refractivity (Wildman–Crippen MR) is 94.2 cm³/mol. The van der Waals surface area contributed by atoms with Crippen molar-refractivity contribution in [1.82, 2.24) is 4.90 Å². The van der Waals surface area contributed by atoms with Gasteiger partial charge in [0, 0.05) is 15.3 Å². The number of amides is 1. The summed E-state index contributed by atoms with van der Waals surface area (Å²) in [5.41, 5.74) is 1.42. The molecule has 0 saturated heterocycles. The quantitative estimate of drug-likeness (QED) is 0.743. The lowest BCUT2D eigenvalue weighted by Gasteiger charge is -2.22. The number of thiophene rings is 1. The third-order valence-electron chi connectivity index (χ3n) is 3.84. The lowest BCUT2D eigenvalue weighted by atomic mass is 10.1. The van der Waals surface area contributed by atoms with Crippen LogP contribution in [0.2, 0.25) is 0 Å². The van der Waals surface area contributed by atoms with Crippen LogP contribution in [-0.4, -0.2) is 15.9 Å². The van der Waals surface area contributed by atoms with Crippen LogP contribution in [0.25, 0.3) is 0 Å². The maximum atomic E-state index is 13.0. The van der Waals surface area contributed by atoms with Crippen molar-refractivity contribution in [2.24, 2.45) is 0 Å². The molecular formula is C19H19NO3S. The molecule has 0 aliphatic rings. The first kappa shape index (κ1) is 16.3. The Morgan fingerprint density at radius 3 is 2.58 bits per heavy atom. The molecule has 3 rings (SSSR count). The number of furan rings is 1. The van der Waals surface area contributed by atoms with Gasteiger partial charge in [-0.25, -0.2) is 0 Å². The van der Waals surface area contributed by atoms with Crippen LogP contribution in [0.5, 0.6) is 5.75 Å². The number of aromatic hydroxyl groups is 1. The highest BCUT2D eigenvalue weighted by molar-refractivity contribution is 7.12. The number of hydrogen-bond donors (Lipinski definition) is 1. The van der Waals surface area contributed by atoms with Gasteiger partial charge in [0.2, 0.25) is 0 Å². The maximum Gasteiger partial charge on any atom is 0.255 e. The van der Waals surface area contributed by atoms with E-state index in [9.17, 15) is 9.90 Å². The van der Waals surface area contributed by atoms with Crippen molar-refractivity contribution < 1.29 is 14.3 Å². The van der Waals surface area contributed by atoms with Crippen LogP contribution in [0, 0.1) is 13.8 Å². The topological polar surface area (TPSA) is 53.7 Å². The number of para-hydroxylation sites is 1. The third kappa shape index (κ3) is 3.51. The van der Waals surface area contributed by atoms with Crippen molar-refractivity contribution in [2.75, 3.05) is 0 Å². The van der Waals surface area contributed by atoms with Crippen LogP contribution >= 0.6 is 11.3 Å². The van der Waals surface area contributed by atoms with Crippen molar-refractivity contribution in [3.63, 3.8) is 0 Å². The highest BCUT2D eigenvalue weighted by Gasteiger charge is 2.21. The van der Waals surface area contributed by atoms with E-state index in [2.05, 4.69) is 0 Å². The fourth-order valence-electron chi connectivity index (χ4n) is 2.65. The summed E-state index contributed by atoms with van der Waals surface area (Å²) in [6.07, 6.45) is 1.60. The molecule has 24 heavy (non-hydrogen) atoms. The van der Waals surface area contributed by atoms with E-state index in [1.54, 1.807) is 40.7 Å². The van der Waals surface area contributed by atoms with E-state index in [4.69, 9.17) is 4.42 Å². The molecule has 0 fully saturated rings. The van der Waals surface area contributed by atoms with Crippen LogP contribution in [0.15, 0.2) is 53.1 Å². The average molecular weight is 341 g/mol. The minimum atomic E-state index is -0.0588. The molecule has 124 valence electrons. The molecule has 0 bridgehead atoms. The molecule has 0 aliphatic carbocycles. The fourth-order valence-corrected chi connectivity index (χ4v) is 3.57. The largest absolute Gasteiger partial charge is 0.508 e. The number of phenols is 1. The zero-order valence-electron chi connectivity index (χ0n) is 13.7. The van der Waals surface area contributed by atoms with E-state index in [1.165, 1.54) is 0 Å². The van der Waals surface area contributed by atoms with Gasteiger partial charge in [-0.2, -0.15) is 0 Å². The average Bonchev–Trinajstić information content (AvgIpc) is 3.17. The molecule has 4 nitrogen and oxygen atoms in total. The number of aryl methyl sites for hydroxylation is 2. The second kappa shape index (κ2) is 6.93. The molecule has 0 atom stereocenters. The summed E-state index contributed by atoms with van der Waals surface area (Å²) in [4.78, 5) is 16.8. The molecule has 0 saturated carbocycles. The standard InChI is InChI=1S/C19H19NO3S/c1-13-10-17(14(2)24-13)19(22)20(12-16-7-5-9-23-16)11-15-6-3-4-8-18(15)21/h3-10,21H,11-12H2,1-2H3. The molecule has 1 N–H and O–H groups in total. The number of carbonyl (C=O) groups is 1. The molecule has 0 aliphatic heterocycles. The molecule has 3 aromatic rings. The van der Waals surface area contributed by atoms with Gasteiger partial charge in [0.25, 0.3) is 5.91 Å². The number of carbonyl (C=O) groups excluding carboxylic acids is 1. The Labute approximate surface area is 145 Å². The SMILES string of the molecule is Cc1cc(C(=O)N(Cc2ccco2)Cc2ccccc2O)c(C)s1. The Balaban J connectivity index is 1.91. The van der Waals surface area contributed by atoms with Gasteiger partial charge in [-0.05, 0) is 38.1 Å². The van der Waals surface area contributed by atoms with Crippen molar-refractivity contribution in [3.05, 3.63) is 75.4 Å². The predicted octanol–water partition coefficient (Wildman–Crippen LogP) is 4.51. The van der Waals surface area contributed by atoms with Gasteiger partial charge in [-0.1, -0.05) is 18.2 Å². The summed E-state index contributed by atoms with van der Waals surface area (Å²) in [6.45, 7) is 4.62. The normalized spacial score (nSPS) is 10.8. The van der Waals surface area contributed by atoms with E-state index in [0.717, 1.165) is 9.75 Å². The van der Waals surface area contributed by atoms with Crippen LogP contribution in [-0.2, 0) is 13.1 Å². The lowest BCUT2D eigenvalue weighted by molar-refractivity contribution is 0.0716. The molecule has 0 radical (unpaired) electrons. The smallest absolute Gasteiger partial charge is 0.255 e. The zero-order valence-corrected chi connectivity index (χ0v) is 14.5. The van der Waals surface area contributed by atoms with Gasteiger partial charge in [-0.15, -0.1) is 11.3 Å². The van der Waals surface area contributed by atoms with Crippen LogP contribution in [0.4, 0.5) is 0 Å². The van der Waals surface area contributed by atoms with E-state index < -0.39 is 0 Å². The molecular weight excluding hydrogens is 322 g/mol. The summed E-state index contributed by atoms with van der Waals surface area (Å²) < 4.78 is 5.40. The van der Waals surface area contributed by atoms with Crippen LogP contribution in [0.3, 0.4) is 0 Å². The molecule has 2 aromatic heterocycles. The Bertz CT molecular complexity index is 836. The Morgan fingerprint density at radius 2 is 1.96 bits per heavy atom. The minimum Gasteiger partial charge on any atom is -0.508 e. The number of hydrogen-bond acceptors (Lipinski definition) is 4. The number of nitrogens with zero attached hydrogens (tertiary/aromatic N) is 1. The first-order valence-electron chi connectivity index (χ1n) is 7.70. The molecule has 1 aromatic carbocycles. The van der Waals surface area contributed by atoms with E-state index in [1.807, 2.05) is 38.1 Å². The van der Waals surface area contributed by atoms with E-state index in [0.29, 0.717) is 30.0 Å². The van der Waals surface area contributed by atoms with Gasteiger partial charge in [0.1, 0.15) is 11.5 Å². The summed E-state index contributed by atoms with van der Waals surface area (Å²) >= 11 is 1.61. The Kier molecular flexibility index (Phi) is 4.71. The van der Waals surface area contributed by atoms with Crippen molar-refractivity contribution >= 4 is 17.2 Å². The van der Waals surface area contributed by atoms with Gasteiger partial charge in [0.15, 0.2) is 0 Å². The van der Waals surface area contributed by atoms with Gasteiger partial charge < -0.3 is 14.4 Å². The van der Waals surface area contributed by atoms with E-state index >= 15 is 0 Å². The van der Waals surface area contributed by atoms with Crippen molar-refractivity contribution in [2.45, 2.75) is 26.9 Å². The molecule has 0 spiro atoms. The second-order valence-corrected chi connectivity index (χ2v) is 7.16. The maximum absolute atomic E-state index is 13.0. The summed E-state index contributed by atoms with van der Waals surface area (Å²) in [5, 5.41) is 10.0. The first-order chi connectivity index (χ1) is 11.5. The summed E-state index contributed by atoms with van der Waals surface area (Å²) in [5.74, 6) is 0.841. The Hall–Kier alpha value is -2.53. The number of benzene rings is 1. The van der Waals surface area contributed by atoms with E-state index in [-0.39, 0.29) is 11.7 Å². The summed E-state index contributed by atoms with van der Waals surface area (Å²) in [7, 11) is 0. The van der Waals surface area contributed by atoms with Gasteiger partial charge in [-0.3, -0.25) is 4.79 Å². The monoisotopic (exact) mass is 341 g/mol. The van der Waals surface area contributed by atoms with Gasteiger partial charge in [0.05, 0.1) is 24.9 Å². The fraction of sp³-hybridized carbons (Fsp3) is 0.211. The molecule has 0 unspecified atom stereocenters. The minimum absolute atomic E-state index is 0.0588. The number of rotatable bonds is 5. The summed E-state index contributed by atoms with van der Waals surface area (Å²) in [6, 6.07) is 12.6. The van der Waals surface area contributed by atoms with Crippen LogP contribution in [0.1, 0.15) is 31.4 Å². The lowest BCUT2D eigenvalue weighted by Crippen LogP contribution is -2.30. The zero-order chi connectivity index (χ0) is 17.1. The Morgan fingerprint density at radius 1 is 1.17 bits per heavy atom. The highest BCUT2D eigenvalue weighted by Crippen LogP contribution is 2.25. The van der Waals surface area contributed by atoms with Gasteiger partial charge >= 0.3 is 0 Å². The first-order valence-corrected chi connectivity index (χ1v) is 8.52. The van der Waals surface area contributed by atoms with Crippen molar-refractivity contribution in [3.8, 4) is 5.75 Å².